The zero-order chi connectivity index (χ0) is 13.2. The lowest BCUT2D eigenvalue weighted by Gasteiger charge is -2.23. The molecule has 100 valence electrons. The average molecular weight is 260 g/mol. The highest BCUT2D eigenvalue weighted by Gasteiger charge is 2.18. The minimum absolute atomic E-state index is 0.0184. The Morgan fingerprint density at radius 3 is 3.11 bits per heavy atom. The van der Waals surface area contributed by atoms with Crippen LogP contribution in [0, 0.1) is 0 Å². The lowest BCUT2D eigenvalue weighted by atomic mass is 10.2. The normalized spacial score (nSPS) is 19.7. The molecule has 1 amide bonds. The van der Waals surface area contributed by atoms with Crippen molar-refractivity contribution in [3.63, 3.8) is 0 Å². The second kappa shape index (κ2) is 4.97. The molecule has 1 fully saturated rings. The van der Waals surface area contributed by atoms with E-state index >= 15 is 0 Å². The molecule has 1 aliphatic heterocycles. The molecule has 2 N–H and O–H groups in total. The summed E-state index contributed by atoms with van der Waals surface area (Å²) in [6.45, 7) is 0.769. The molecule has 2 aromatic rings. The zero-order valence-electron chi connectivity index (χ0n) is 10.6. The Balaban J connectivity index is 1.97. The molecule has 19 heavy (non-hydrogen) atoms. The number of hydrogen-bond donors (Lipinski definition) is 1. The number of primary amides is 1. The van der Waals surface area contributed by atoms with Gasteiger partial charge in [0.05, 0.1) is 23.8 Å². The monoisotopic (exact) mass is 260 g/mol. The number of pyridine rings is 1. The van der Waals surface area contributed by atoms with Crippen molar-refractivity contribution >= 4 is 16.8 Å². The van der Waals surface area contributed by atoms with Crippen LogP contribution in [0.15, 0.2) is 18.5 Å². The van der Waals surface area contributed by atoms with E-state index in [9.17, 15) is 4.79 Å². The van der Waals surface area contributed by atoms with Crippen molar-refractivity contribution in [3.8, 4) is 0 Å². The SMILES string of the molecule is NC(=O)Cc1cc2c(cn1)cnn2C1CCCCO1. The van der Waals surface area contributed by atoms with E-state index in [1.165, 1.54) is 0 Å². The number of hydrogen-bond acceptors (Lipinski definition) is 4. The Kier molecular flexibility index (Phi) is 3.16. The third kappa shape index (κ3) is 2.44. The van der Waals surface area contributed by atoms with Crippen molar-refractivity contribution in [2.75, 3.05) is 6.61 Å². The number of nitrogens with zero attached hydrogens (tertiary/aromatic N) is 3. The molecule has 2 aromatic heterocycles. The topological polar surface area (TPSA) is 83.0 Å². The lowest BCUT2D eigenvalue weighted by Crippen LogP contribution is -2.19. The molecule has 1 unspecified atom stereocenters. The number of carbonyl (C=O) groups is 1. The Morgan fingerprint density at radius 1 is 1.47 bits per heavy atom. The van der Waals surface area contributed by atoms with Crippen molar-refractivity contribution in [3.05, 3.63) is 24.2 Å². The maximum atomic E-state index is 11.0. The molecule has 1 atom stereocenters. The van der Waals surface area contributed by atoms with Crippen LogP contribution in [0.25, 0.3) is 10.9 Å². The van der Waals surface area contributed by atoms with Crippen LogP contribution in [0.5, 0.6) is 0 Å². The standard InChI is InChI=1S/C13H16N4O2/c14-12(18)6-10-5-11-9(7-15-10)8-16-17(11)13-3-1-2-4-19-13/h5,7-8,13H,1-4,6H2,(H2,14,18). The quantitative estimate of drug-likeness (QED) is 0.897. The minimum atomic E-state index is -0.383. The molecule has 0 bridgehead atoms. The number of nitrogens with two attached hydrogens (primary N) is 1. The number of ether oxygens (including phenoxy) is 1. The lowest BCUT2D eigenvalue weighted by molar-refractivity contribution is -0.117. The predicted octanol–water partition coefficient (Wildman–Crippen LogP) is 1.16. The van der Waals surface area contributed by atoms with Gasteiger partial charge >= 0.3 is 0 Å². The van der Waals surface area contributed by atoms with Crippen LogP contribution in [-0.2, 0) is 16.0 Å². The maximum absolute atomic E-state index is 11.0. The van der Waals surface area contributed by atoms with Crippen LogP contribution >= 0.6 is 0 Å². The van der Waals surface area contributed by atoms with E-state index in [0.29, 0.717) is 5.69 Å². The van der Waals surface area contributed by atoms with Crippen LogP contribution in [0.4, 0.5) is 0 Å². The summed E-state index contributed by atoms with van der Waals surface area (Å²) in [4.78, 5) is 15.2. The van der Waals surface area contributed by atoms with E-state index in [1.807, 2.05) is 10.7 Å². The van der Waals surface area contributed by atoms with Crippen LogP contribution in [0.2, 0.25) is 0 Å². The van der Waals surface area contributed by atoms with Gasteiger partial charge in [-0.3, -0.25) is 9.78 Å². The summed E-state index contributed by atoms with van der Waals surface area (Å²) in [6.07, 6.45) is 6.83. The molecule has 1 saturated heterocycles. The summed E-state index contributed by atoms with van der Waals surface area (Å²) < 4.78 is 7.62. The van der Waals surface area contributed by atoms with Gasteiger partial charge < -0.3 is 10.5 Å². The summed E-state index contributed by atoms with van der Waals surface area (Å²) in [7, 11) is 0. The molecule has 3 heterocycles. The summed E-state index contributed by atoms with van der Waals surface area (Å²) in [5.74, 6) is -0.383. The van der Waals surface area contributed by atoms with E-state index in [-0.39, 0.29) is 18.6 Å². The molecule has 3 rings (SSSR count). The van der Waals surface area contributed by atoms with Gasteiger partial charge in [0.1, 0.15) is 0 Å². The predicted molar refractivity (Wildman–Crippen MR) is 69.3 cm³/mol. The molecule has 1 aliphatic rings. The maximum Gasteiger partial charge on any atom is 0.223 e. The van der Waals surface area contributed by atoms with Crippen LogP contribution in [0.1, 0.15) is 31.2 Å². The zero-order valence-corrected chi connectivity index (χ0v) is 10.6. The van der Waals surface area contributed by atoms with Gasteiger partial charge in [-0.1, -0.05) is 0 Å². The van der Waals surface area contributed by atoms with Gasteiger partial charge in [-0.25, -0.2) is 4.68 Å². The molecule has 0 radical (unpaired) electrons. The number of aromatic nitrogens is 3. The highest BCUT2D eigenvalue weighted by molar-refractivity contribution is 5.81. The first kappa shape index (κ1) is 12.1. The van der Waals surface area contributed by atoms with Crippen molar-refractivity contribution in [2.24, 2.45) is 5.73 Å². The first-order valence-corrected chi connectivity index (χ1v) is 6.46. The number of amides is 1. The van der Waals surface area contributed by atoms with E-state index < -0.39 is 0 Å². The van der Waals surface area contributed by atoms with Gasteiger partial charge in [0, 0.05) is 18.2 Å². The third-order valence-electron chi connectivity index (χ3n) is 3.32. The molecule has 6 nitrogen and oxygen atoms in total. The van der Waals surface area contributed by atoms with E-state index in [0.717, 1.165) is 36.8 Å². The third-order valence-corrected chi connectivity index (χ3v) is 3.32. The highest BCUT2D eigenvalue weighted by atomic mass is 16.5. The first-order chi connectivity index (χ1) is 9.24. The first-order valence-electron chi connectivity index (χ1n) is 6.46. The highest BCUT2D eigenvalue weighted by Crippen LogP contribution is 2.26. The fourth-order valence-corrected chi connectivity index (χ4v) is 2.40. The van der Waals surface area contributed by atoms with Crippen molar-refractivity contribution in [1.29, 1.82) is 0 Å². The van der Waals surface area contributed by atoms with E-state index in [2.05, 4.69) is 10.1 Å². The second-order valence-electron chi connectivity index (χ2n) is 4.79. The van der Waals surface area contributed by atoms with Crippen LogP contribution in [-0.4, -0.2) is 27.3 Å². The van der Waals surface area contributed by atoms with Gasteiger partial charge in [-0.15, -0.1) is 0 Å². The summed E-state index contributed by atoms with van der Waals surface area (Å²) in [6, 6.07) is 1.87. The second-order valence-corrected chi connectivity index (χ2v) is 4.79. The van der Waals surface area contributed by atoms with Crippen LogP contribution < -0.4 is 5.73 Å². The largest absolute Gasteiger partial charge is 0.369 e. The van der Waals surface area contributed by atoms with Crippen LogP contribution in [0.3, 0.4) is 0 Å². The smallest absolute Gasteiger partial charge is 0.223 e. The molecule has 0 saturated carbocycles. The fraction of sp³-hybridized carbons (Fsp3) is 0.462. The molecule has 6 heteroatoms. The van der Waals surface area contributed by atoms with Crippen molar-refractivity contribution < 1.29 is 9.53 Å². The molecule has 0 aliphatic carbocycles. The minimum Gasteiger partial charge on any atom is -0.369 e. The fourth-order valence-electron chi connectivity index (χ4n) is 2.40. The van der Waals surface area contributed by atoms with Gasteiger partial charge in [0.25, 0.3) is 0 Å². The Morgan fingerprint density at radius 2 is 2.37 bits per heavy atom. The summed E-state index contributed by atoms with van der Waals surface area (Å²) in [5, 5.41) is 5.32. The molecule has 0 aromatic carbocycles. The summed E-state index contributed by atoms with van der Waals surface area (Å²) in [5.41, 5.74) is 6.81. The van der Waals surface area contributed by atoms with Gasteiger partial charge in [0.15, 0.2) is 6.23 Å². The average Bonchev–Trinajstić information content (AvgIpc) is 2.82. The Labute approximate surface area is 110 Å². The number of fused-ring (bicyclic) bond motifs is 1. The van der Waals surface area contributed by atoms with E-state index in [1.54, 1.807) is 12.4 Å². The summed E-state index contributed by atoms with van der Waals surface area (Å²) >= 11 is 0. The van der Waals surface area contributed by atoms with Crippen molar-refractivity contribution in [2.45, 2.75) is 31.9 Å². The van der Waals surface area contributed by atoms with Gasteiger partial charge in [-0.05, 0) is 25.3 Å². The Bertz CT molecular complexity index is 602. The number of carbonyl (C=O) groups excluding carboxylic acids is 1. The van der Waals surface area contributed by atoms with Crippen molar-refractivity contribution in [1.82, 2.24) is 14.8 Å². The molecular formula is C13H16N4O2. The van der Waals surface area contributed by atoms with Gasteiger partial charge in [0.2, 0.25) is 5.91 Å². The Hall–Kier alpha value is -1.95. The van der Waals surface area contributed by atoms with Gasteiger partial charge in [-0.2, -0.15) is 5.10 Å². The number of rotatable bonds is 3. The molecule has 0 spiro atoms. The van der Waals surface area contributed by atoms with E-state index in [4.69, 9.17) is 10.5 Å². The molecular weight excluding hydrogens is 244 g/mol.